The summed E-state index contributed by atoms with van der Waals surface area (Å²) in [5.74, 6) is 1.08. The Hall–Kier alpha value is -2.36. The molecule has 4 atom stereocenters. The molecule has 0 saturated carbocycles. The Morgan fingerprint density at radius 2 is 2.19 bits per heavy atom. The number of ether oxygens (including phenoxy) is 1. The average molecular weight is 459 g/mol. The summed E-state index contributed by atoms with van der Waals surface area (Å²) < 4.78 is 5.33. The molecule has 3 aliphatic heterocycles. The molecule has 1 aromatic rings. The lowest BCUT2D eigenvalue weighted by atomic mass is 10.0. The van der Waals surface area contributed by atoms with Gasteiger partial charge in [-0.15, -0.1) is 11.3 Å². The van der Waals surface area contributed by atoms with Gasteiger partial charge < -0.3 is 31.7 Å². The van der Waals surface area contributed by atoms with Gasteiger partial charge in [0.25, 0.3) is 5.91 Å². The second-order valence-corrected chi connectivity index (χ2v) is 9.94. The van der Waals surface area contributed by atoms with E-state index in [0.29, 0.717) is 17.2 Å². The van der Waals surface area contributed by atoms with E-state index in [9.17, 15) is 4.79 Å². The van der Waals surface area contributed by atoms with E-state index in [4.69, 9.17) is 21.2 Å². The largest absolute Gasteiger partial charge is 0.397 e. The number of anilines is 2. The third-order valence-electron chi connectivity index (χ3n) is 6.41. The molecule has 1 saturated heterocycles. The standard InChI is InChI=1S/C23H34N6O2S/c1-5-6-17-19(13(3)21(27-17)29-9-14(11-31-4)16(24)10-29)28-22(30)20-18(25)15-8-7-12(2)26-23(15)32-20/h7-8,12-14,16,26H,5-6,9-11,24-25H2,1-4H3,(H,28,30). The van der Waals surface area contributed by atoms with Gasteiger partial charge in [-0.3, -0.25) is 4.79 Å². The number of rotatable bonds is 6. The molecule has 8 nitrogen and oxygen atoms in total. The van der Waals surface area contributed by atoms with Crippen molar-refractivity contribution in [3.8, 4) is 0 Å². The fourth-order valence-corrected chi connectivity index (χ4v) is 5.77. The number of amidine groups is 1. The first-order valence-corrected chi connectivity index (χ1v) is 12.1. The maximum atomic E-state index is 13.3. The summed E-state index contributed by atoms with van der Waals surface area (Å²) in [6, 6.07) is 0.271. The fourth-order valence-electron chi connectivity index (χ4n) is 4.67. The predicted octanol–water partition coefficient (Wildman–Crippen LogP) is 2.85. The van der Waals surface area contributed by atoms with E-state index in [-0.39, 0.29) is 29.8 Å². The molecule has 1 aromatic heterocycles. The van der Waals surface area contributed by atoms with Crippen LogP contribution in [0.2, 0.25) is 0 Å². The molecule has 1 fully saturated rings. The zero-order chi connectivity index (χ0) is 23.0. The van der Waals surface area contributed by atoms with E-state index in [2.05, 4.69) is 36.3 Å². The SMILES string of the molecule is CCCC1=C(NC(=O)c2sc3c(c2N)C=CC(C)N3)C(C)C(N2CC(N)C(COC)C2)=N1. The van der Waals surface area contributed by atoms with Gasteiger partial charge in [0.05, 0.1) is 34.6 Å². The number of hydrogen-bond acceptors (Lipinski definition) is 8. The molecular formula is C23H34N6O2S. The highest BCUT2D eigenvalue weighted by molar-refractivity contribution is 7.19. The summed E-state index contributed by atoms with van der Waals surface area (Å²) in [5.41, 5.74) is 15.9. The number of nitrogens with zero attached hydrogens (tertiary/aromatic N) is 2. The van der Waals surface area contributed by atoms with Crippen molar-refractivity contribution in [2.45, 2.75) is 45.7 Å². The van der Waals surface area contributed by atoms with E-state index in [1.54, 1.807) is 7.11 Å². The van der Waals surface area contributed by atoms with E-state index in [1.807, 2.05) is 12.2 Å². The van der Waals surface area contributed by atoms with Crippen molar-refractivity contribution in [1.29, 1.82) is 0 Å². The van der Waals surface area contributed by atoms with Gasteiger partial charge in [-0.1, -0.05) is 25.5 Å². The minimum absolute atomic E-state index is 0.0113. The third kappa shape index (κ3) is 4.16. The summed E-state index contributed by atoms with van der Waals surface area (Å²) >= 11 is 1.40. The summed E-state index contributed by atoms with van der Waals surface area (Å²) in [4.78, 5) is 21.0. The Morgan fingerprint density at radius 3 is 2.91 bits per heavy atom. The molecule has 0 aromatic carbocycles. The van der Waals surface area contributed by atoms with Crippen LogP contribution in [-0.2, 0) is 4.74 Å². The number of nitrogen functional groups attached to an aromatic ring is 1. The number of nitrogens with two attached hydrogens (primary N) is 2. The van der Waals surface area contributed by atoms with Gasteiger partial charge in [0.2, 0.25) is 0 Å². The first-order chi connectivity index (χ1) is 15.3. The molecule has 1 amide bonds. The van der Waals surface area contributed by atoms with Crippen molar-refractivity contribution in [2.24, 2.45) is 22.6 Å². The van der Waals surface area contributed by atoms with Gasteiger partial charge in [-0.2, -0.15) is 0 Å². The summed E-state index contributed by atoms with van der Waals surface area (Å²) in [6.07, 6.45) is 5.80. The van der Waals surface area contributed by atoms with Gasteiger partial charge in [0, 0.05) is 43.8 Å². The van der Waals surface area contributed by atoms with E-state index in [0.717, 1.165) is 53.7 Å². The van der Waals surface area contributed by atoms with Crippen LogP contribution in [-0.4, -0.2) is 55.5 Å². The van der Waals surface area contributed by atoms with Crippen molar-refractivity contribution in [2.75, 3.05) is 37.9 Å². The molecular weight excluding hydrogens is 424 g/mol. The molecule has 4 heterocycles. The predicted molar refractivity (Wildman–Crippen MR) is 132 cm³/mol. The van der Waals surface area contributed by atoms with Crippen LogP contribution in [0.15, 0.2) is 22.5 Å². The highest BCUT2D eigenvalue weighted by Crippen LogP contribution is 2.40. The molecule has 32 heavy (non-hydrogen) atoms. The zero-order valence-corrected chi connectivity index (χ0v) is 20.1. The highest BCUT2D eigenvalue weighted by Gasteiger charge is 2.38. The Labute approximate surface area is 193 Å². The topological polar surface area (TPSA) is 118 Å². The van der Waals surface area contributed by atoms with Gasteiger partial charge in [-0.05, 0) is 20.3 Å². The van der Waals surface area contributed by atoms with E-state index >= 15 is 0 Å². The van der Waals surface area contributed by atoms with Crippen molar-refractivity contribution >= 4 is 39.8 Å². The van der Waals surface area contributed by atoms with Crippen LogP contribution in [0.1, 0.15) is 48.8 Å². The van der Waals surface area contributed by atoms with Gasteiger partial charge >= 0.3 is 0 Å². The van der Waals surface area contributed by atoms with Gasteiger partial charge in [0.15, 0.2) is 0 Å². The quantitative estimate of drug-likeness (QED) is 0.521. The number of likely N-dealkylation sites (tertiary alicyclic amines) is 1. The molecule has 3 aliphatic rings. The van der Waals surface area contributed by atoms with Crippen molar-refractivity contribution in [3.63, 3.8) is 0 Å². The molecule has 0 spiro atoms. The number of hydrogen-bond donors (Lipinski definition) is 4. The number of amides is 1. The fraction of sp³-hybridized carbons (Fsp3) is 0.565. The van der Waals surface area contributed by atoms with Crippen LogP contribution in [0.3, 0.4) is 0 Å². The number of nitrogens with one attached hydrogen (secondary N) is 2. The Kier molecular flexibility index (Phi) is 6.60. The number of methoxy groups -OCH3 is 1. The lowest BCUT2D eigenvalue weighted by Crippen LogP contribution is -2.37. The van der Waals surface area contributed by atoms with Crippen LogP contribution < -0.4 is 22.1 Å². The zero-order valence-electron chi connectivity index (χ0n) is 19.3. The van der Waals surface area contributed by atoms with Crippen LogP contribution in [0.25, 0.3) is 6.08 Å². The lowest BCUT2D eigenvalue weighted by molar-refractivity contribution is 0.0967. The molecule has 6 N–H and O–H groups in total. The highest BCUT2D eigenvalue weighted by atomic mass is 32.1. The molecule has 0 bridgehead atoms. The van der Waals surface area contributed by atoms with E-state index < -0.39 is 0 Å². The third-order valence-corrected chi connectivity index (χ3v) is 7.56. The first kappa shape index (κ1) is 22.8. The first-order valence-electron chi connectivity index (χ1n) is 11.3. The minimum atomic E-state index is -0.174. The minimum Gasteiger partial charge on any atom is -0.397 e. The Balaban J connectivity index is 1.53. The smallest absolute Gasteiger partial charge is 0.267 e. The average Bonchev–Trinajstić information content (AvgIpc) is 3.38. The molecule has 0 aliphatic carbocycles. The van der Waals surface area contributed by atoms with Crippen LogP contribution in [0.4, 0.5) is 10.7 Å². The number of thiophene rings is 1. The second-order valence-electron chi connectivity index (χ2n) is 8.92. The summed E-state index contributed by atoms with van der Waals surface area (Å²) in [5, 5.41) is 7.48. The Morgan fingerprint density at radius 1 is 1.41 bits per heavy atom. The molecule has 4 rings (SSSR count). The summed E-state index contributed by atoms with van der Waals surface area (Å²) in [7, 11) is 1.71. The lowest BCUT2D eigenvalue weighted by Gasteiger charge is -2.23. The number of aliphatic imine (C=N–C) groups is 1. The monoisotopic (exact) mass is 458 g/mol. The summed E-state index contributed by atoms with van der Waals surface area (Å²) in [6.45, 7) is 8.49. The van der Waals surface area contributed by atoms with Crippen molar-refractivity contribution in [3.05, 3.63) is 27.9 Å². The van der Waals surface area contributed by atoms with Crippen molar-refractivity contribution < 1.29 is 9.53 Å². The molecule has 174 valence electrons. The molecule has 4 unspecified atom stereocenters. The number of allylic oxidation sites excluding steroid dienone is 1. The molecule has 9 heteroatoms. The number of fused-ring (bicyclic) bond motifs is 1. The van der Waals surface area contributed by atoms with E-state index in [1.165, 1.54) is 11.3 Å². The van der Waals surface area contributed by atoms with Crippen molar-refractivity contribution in [1.82, 2.24) is 10.2 Å². The van der Waals surface area contributed by atoms with Crippen LogP contribution in [0, 0.1) is 11.8 Å². The maximum Gasteiger partial charge on any atom is 0.267 e. The Bertz CT molecular complexity index is 981. The van der Waals surface area contributed by atoms with Gasteiger partial charge in [-0.25, -0.2) is 4.99 Å². The molecule has 0 radical (unpaired) electrons. The maximum absolute atomic E-state index is 13.3. The number of carbonyl (C=O) groups is 1. The van der Waals surface area contributed by atoms with Gasteiger partial charge in [0.1, 0.15) is 10.7 Å². The van der Waals surface area contributed by atoms with Crippen LogP contribution in [0.5, 0.6) is 0 Å². The normalized spacial score (nSPS) is 26.9. The number of carbonyl (C=O) groups excluding carboxylic acids is 1. The second kappa shape index (κ2) is 9.25. The van der Waals surface area contributed by atoms with Crippen LogP contribution >= 0.6 is 11.3 Å².